The summed E-state index contributed by atoms with van der Waals surface area (Å²) in [4.78, 5) is 19.4. The van der Waals surface area contributed by atoms with E-state index < -0.39 is 11.2 Å². The highest BCUT2D eigenvalue weighted by Crippen LogP contribution is 2.39. The number of primary amides is 1. The fourth-order valence-corrected chi connectivity index (χ4v) is 5.37. The van der Waals surface area contributed by atoms with Gasteiger partial charge in [0.2, 0.25) is 5.91 Å². The second-order valence-corrected chi connectivity index (χ2v) is 11.2. The number of benzene rings is 1. The number of hydrogen-bond acceptors (Lipinski definition) is 7. The van der Waals surface area contributed by atoms with Gasteiger partial charge in [-0.15, -0.1) is 0 Å². The van der Waals surface area contributed by atoms with Gasteiger partial charge in [-0.25, -0.2) is 4.98 Å². The van der Waals surface area contributed by atoms with Gasteiger partial charge in [0.15, 0.2) is 0 Å². The lowest BCUT2D eigenvalue weighted by molar-refractivity contribution is -0.117. The zero-order valence-electron chi connectivity index (χ0n) is 21.0. The lowest BCUT2D eigenvalue weighted by Crippen LogP contribution is -2.48. The molecule has 7 nitrogen and oxygen atoms in total. The molecule has 1 fully saturated rings. The topological polar surface area (TPSA) is 119 Å². The second-order valence-electron chi connectivity index (χ2n) is 10.1. The van der Waals surface area contributed by atoms with Crippen molar-refractivity contribution in [3.8, 4) is 12.1 Å². The van der Waals surface area contributed by atoms with Crippen LogP contribution in [0.25, 0.3) is 0 Å². The molecule has 3 N–H and O–H groups in total. The number of hydrogen-bond donors (Lipinski definition) is 2. The summed E-state index contributed by atoms with van der Waals surface area (Å²) in [5.41, 5.74) is 8.15. The standard InChI is InChI=1S/C27H34N6OS/c1-5-20-21(14-28)25(33-13-9-12-19(16-33)31-17-27(2,3)4)32-26(22(20)15-29)35-23(24(30)34)18-10-7-6-8-11-18/h6-8,10-11,19,23,31H,5,9,12-13,16-17H2,1-4H3,(H2,30,34). The van der Waals surface area contributed by atoms with Crippen molar-refractivity contribution in [3.05, 3.63) is 52.6 Å². The molecule has 1 aliphatic heterocycles. The third-order valence-electron chi connectivity index (χ3n) is 6.06. The minimum absolute atomic E-state index is 0.174. The molecule has 35 heavy (non-hydrogen) atoms. The molecule has 3 rings (SSSR count). The van der Waals surface area contributed by atoms with E-state index >= 15 is 0 Å². The first-order chi connectivity index (χ1) is 16.7. The van der Waals surface area contributed by atoms with Crippen LogP contribution in [0.4, 0.5) is 5.82 Å². The zero-order chi connectivity index (χ0) is 25.6. The van der Waals surface area contributed by atoms with Crippen molar-refractivity contribution in [3.63, 3.8) is 0 Å². The first-order valence-electron chi connectivity index (χ1n) is 12.0. The van der Waals surface area contributed by atoms with Crippen LogP contribution in [0, 0.1) is 28.1 Å². The van der Waals surface area contributed by atoms with Crippen LogP contribution in [0.3, 0.4) is 0 Å². The number of carbonyl (C=O) groups is 1. The monoisotopic (exact) mass is 490 g/mol. The summed E-state index contributed by atoms with van der Waals surface area (Å²) in [5, 5.41) is 23.5. The number of piperidine rings is 1. The van der Waals surface area contributed by atoms with Crippen molar-refractivity contribution in [2.45, 2.75) is 63.3 Å². The fraction of sp³-hybridized carbons (Fsp3) is 0.481. The summed E-state index contributed by atoms with van der Waals surface area (Å²) < 4.78 is 0. The number of nitrogens with two attached hydrogens (primary N) is 1. The quantitative estimate of drug-likeness (QED) is 0.529. The predicted molar refractivity (Wildman–Crippen MR) is 140 cm³/mol. The molecule has 8 heteroatoms. The molecular formula is C27H34N6OS. The van der Waals surface area contributed by atoms with Gasteiger partial charge in [0.05, 0.1) is 11.1 Å². The summed E-state index contributed by atoms with van der Waals surface area (Å²) in [6, 6.07) is 14.1. The Kier molecular flexibility index (Phi) is 8.77. The van der Waals surface area contributed by atoms with Gasteiger partial charge >= 0.3 is 0 Å². The number of amides is 1. The van der Waals surface area contributed by atoms with Crippen LogP contribution < -0.4 is 16.0 Å². The van der Waals surface area contributed by atoms with Crippen molar-refractivity contribution < 1.29 is 4.79 Å². The Bertz CT molecular complexity index is 1130. The van der Waals surface area contributed by atoms with E-state index in [1.807, 2.05) is 37.3 Å². The summed E-state index contributed by atoms with van der Waals surface area (Å²) in [5.74, 6) is 0.0876. The smallest absolute Gasteiger partial charge is 0.235 e. The lowest BCUT2D eigenvalue weighted by atomic mass is 9.95. The number of nitrogens with one attached hydrogen (secondary N) is 1. The number of rotatable bonds is 8. The van der Waals surface area contributed by atoms with E-state index in [9.17, 15) is 15.3 Å². The number of aromatic nitrogens is 1. The molecule has 2 atom stereocenters. The van der Waals surface area contributed by atoms with E-state index in [-0.39, 0.29) is 11.5 Å². The highest BCUT2D eigenvalue weighted by molar-refractivity contribution is 8.00. The predicted octanol–water partition coefficient (Wildman–Crippen LogP) is 4.31. The second kappa shape index (κ2) is 11.6. The van der Waals surface area contributed by atoms with E-state index in [0.717, 1.165) is 38.0 Å². The number of nitriles is 2. The van der Waals surface area contributed by atoms with Gasteiger partial charge in [-0.05, 0) is 35.8 Å². The van der Waals surface area contributed by atoms with Crippen LogP contribution >= 0.6 is 11.8 Å². The fourth-order valence-electron chi connectivity index (χ4n) is 4.31. The first kappa shape index (κ1) is 26.5. The summed E-state index contributed by atoms with van der Waals surface area (Å²) >= 11 is 1.18. The molecule has 1 aromatic carbocycles. The molecule has 0 bridgehead atoms. The lowest BCUT2D eigenvalue weighted by Gasteiger charge is -2.36. The molecule has 0 radical (unpaired) electrons. The Labute approximate surface area is 212 Å². The largest absolute Gasteiger partial charge is 0.368 e. The Hall–Kier alpha value is -3.07. The maximum absolute atomic E-state index is 12.4. The van der Waals surface area contributed by atoms with Crippen molar-refractivity contribution in [1.82, 2.24) is 10.3 Å². The van der Waals surface area contributed by atoms with E-state index in [2.05, 4.69) is 43.1 Å². The molecule has 1 aliphatic rings. The van der Waals surface area contributed by atoms with E-state index in [4.69, 9.17) is 10.7 Å². The Morgan fingerprint density at radius 1 is 1.26 bits per heavy atom. The minimum atomic E-state index is -0.691. The molecule has 2 aromatic rings. The van der Waals surface area contributed by atoms with E-state index in [1.165, 1.54) is 11.8 Å². The van der Waals surface area contributed by atoms with Gasteiger partial charge in [0, 0.05) is 25.7 Å². The van der Waals surface area contributed by atoms with Gasteiger partial charge in [0.25, 0.3) is 0 Å². The maximum Gasteiger partial charge on any atom is 0.235 e. The van der Waals surface area contributed by atoms with Crippen LogP contribution in [0.2, 0.25) is 0 Å². The third-order valence-corrected chi connectivity index (χ3v) is 7.32. The van der Waals surface area contributed by atoms with Crippen LogP contribution in [-0.4, -0.2) is 36.6 Å². The molecule has 1 aromatic heterocycles. The normalized spacial score (nSPS) is 16.9. The molecular weight excluding hydrogens is 456 g/mol. The minimum Gasteiger partial charge on any atom is -0.368 e. The third kappa shape index (κ3) is 6.54. The molecule has 2 heterocycles. The average molecular weight is 491 g/mol. The SMILES string of the molecule is CCc1c(C#N)c(SC(C(N)=O)c2ccccc2)nc(N2CCCC(NCC(C)(C)C)C2)c1C#N. The van der Waals surface area contributed by atoms with Gasteiger partial charge < -0.3 is 16.0 Å². The van der Waals surface area contributed by atoms with E-state index in [0.29, 0.717) is 34.0 Å². The van der Waals surface area contributed by atoms with Crippen LogP contribution in [0.5, 0.6) is 0 Å². The van der Waals surface area contributed by atoms with Crippen molar-refractivity contribution in [2.75, 3.05) is 24.5 Å². The molecule has 184 valence electrons. The van der Waals surface area contributed by atoms with Gasteiger partial charge in [-0.2, -0.15) is 10.5 Å². The van der Waals surface area contributed by atoms with Crippen molar-refractivity contribution in [2.24, 2.45) is 11.1 Å². The molecule has 1 amide bonds. The Balaban J connectivity index is 2.02. The van der Waals surface area contributed by atoms with E-state index in [1.54, 1.807) is 0 Å². The number of nitrogens with zero attached hydrogens (tertiary/aromatic N) is 4. The van der Waals surface area contributed by atoms with Crippen LogP contribution in [0.15, 0.2) is 35.4 Å². The maximum atomic E-state index is 12.4. The Morgan fingerprint density at radius 2 is 1.94 bits per heavy atom. The molecule has 0 aliphatic carbocycles. The van der Waals surface area contributed by atoms with Crippen LogP contribution in [-0.2, 0) is 11.2 Å². The molecule has 1 saturated heterocycles. The molecule has 0 spiro atoms. The summed E-state index contributed by atoms with van der Waals surface area (Å²) in [6.07, 6.45) is 2.55. The van der Waals surface area contributed by atoms with Crippen molar-refractivity contribution >= 4 is 23.5 Å². The Morgan fingerprint density at radius 3 is 2.51 bits per heavy atom. The highest BCUT2D eigenvalue weighted by Gasteiger charge is 2.29. The van der Waals surface area contributed by atoms with Gasteiger partial charge in [-0.3, -0.25) is 4.79 Å². The average Bonchev–Trinajstić information content (AvgIpc) is 2.85. The highest BCUT2D eigenvalue weighted by atomic mass is 32.2. The summed E-state index contributed by atoms with van der Waals surface area (Å²) in [6.45, 7) is 11.0. The first-order valence-corrected chi connectivity index (χ1v) is 12.9. The number of carbonyl (C=O) groups excluding carboxylic acids is 1. The van der Waals surface area contributed by atoms with Gasteiger partial charge in [0.1, 0.15) is 28.2 Å². The van der Waals surface area contributed by atoms with Crippen molar-refractivity contribution in [1.29, 1.82) is 10.5 Å². The zero-order valence-corrected chi connectivity index (χ0v) is 21.8. The number of anilines is 1. The number of pyridine rings is 1. The van der Waals surface area contributed by atoms with Gasteiger partial charge in [-0.1, -0.05) is 69.8 Å². The molecule has 2 unspecified atom stereocenters. The molecule has 0 saturated carbocycles. The number of thioether (sulfide) groups is 1. The summed E-state index contributed by atoms with van der Waals surface area (Å²) in [7, 11) is 0. The van der Waals surface area contributed by atoms with Crippen LogP contribution in [0.1, 0.15) is 68.0 Å².